The lowest BCUT2D eigenvalue weighted by Gasteiger charge is -2.18. The summed E-state index contributed by atoms with van der Waals surface area (Å²) in [4.78, 5) is 11.1. The van der Waals surface area contributed by atoms with Gasteiger partial charge in [0.25, 0.3) is 0 Å². The second-order valence-corrected chi connectivity index (χ2v) is 4.91. The Balaban J connectivity index is 4.55. The molecular formula is C7H15NO4S. The van der Waals surface area contributed by atoms with E-state index in [2.05, 4.69) is 9.46 Å². The molecule has 6 heteroatoms. The van der Waals surface area contributed by atoms with Gasteiger partial charge in [-0.25, -0.2) is 13.1 Å². The van der Waals surface area contributed by atoms with Gasteiger partial charge in [0.05, 0.1) is 13.4 Å². The van der Waals surface area contributed by atoms with Gasteiger partial charge in [-0.15, -0.1) is 0 Å². The summed E-state index contributed by atoms with van der Waals surface area (Å²) in [7, 11) is -2.15. The average molecular weight is 209 g/mol. The summed E-state index contributed by atoms with van der Waals surface area (Å²) in [6, 6.07) is -0.806. The molecule has 0 amide bonds. The van der Waals surface area contributed by atoms with E-state index in [4.69, 9.17) is 0 Å². The molecule has 0 radical (unpaired) electrons. The SMILES string of the molecule is COC(=O)[C@H](NS(C)(=O)=O)C(C)C. The fourth-order valence-electron chi connectivity index (χ4n) is 0.814. The average Bonchev–Trinajstić information content (AvgIpc) is 1.96. The molecule has 5 nitrogen and oxygen atoms in total. The minimum atomic E-state index is -3.37. The fraction of sp³-hybridized carbons (Fsp3) is 0.857. The molecule has 0 fully saturated rings. The quantitative estimate of drug-likeness (QED) is 0.647. The van der Waals surface area contributed by atoms with E-state index in [0.717, 1.165) is 6.26 Å². The summed E-state index contributed by atoms with van der Waals surface area (Å²) in [5.41, 5.74) is 0. The van der Waals surface area contributed by atoms with Crippen LogP contribution in [0.15, 0.2) is 0 Å². The Morgan fingerprint density at radius 2 is 1.85 bits per heavy atom. The Labute approximate surface area is 78.5 Å². The van der Waals surface area contributed by atoms with E-state index in [1.807, 2.05) is 0 Å². The highest BCUT2D eigenvalue weighted by molar-refractivity contribution is 7.88. The van der Waals surface area contributed by atoms with Crippen LogP contribution in [-0.4, -0.2) is 33.8 Å². The first kappa shape index (κ1) is 12.4. The van der Waals surface area contributed by atoms with Gasteiger partial charge < -0.3 is 4.74 Å². The number of rotatable bonds is 4. The molecule has 0 aliphatic heterocycles. The molecule has 0 aromatic heterocycles. The first-order valence-corrected chi connectivity index (χ1v) is 5.72. The van der Waals surface area contributed by atoms with Crippen LogP contribution in [0.25, 0.3) is 0 Å². The first-order valence-electron chi connectivity index (χ1n) is 3.83. The predicted molar refractivity (Wildman–Crippen MR) is 48.6 cm³/mol. The highest BCUT2D eigenvalue weighted by atomic mass is 32.2. The Bertz CT molecular complexity index is 270. The van der Waals surface area contributed by atoms with Crippen molar-refractivity contribution in [3.05, 3.63) is 0 Å². The molecule has 0 spiro atoms. The van der Waals surface area contributed by atoms with Gasteiger partial charge >= 0.3 is 5.97 Å². The van der Waals surface area contributed by atoms with Gasteiger partial charge in [-0.05, 0) is 5.92 Å². The molecule has 0 unspecified atom stereocenters. The van der Waals surface area contributed by atoms with Gasteiger partial charge in [0.15, 0.2) is 0 Å². The molecule has 13 heavy (non-hydrogen) atoms. The molecule has 0 saturated heterocycles. The van der Waals surface area contributed by atoms with E-state index in [9.17, 15) is 13.2 Å². The van der Waals surface area contributed by atoms with Crippen LogP contribution in [0.4, 0.5) is 0 Å². The van der Waals surface area contributed by atoms with Crippen molar-refractivity contribution >= 4 is 16.0 Å². The molecule has 78 valence electrons. The minimum Gasteiger partial charge on any atom is -0.468 e. The zero-order chi connectivity index (χ0) is 10.6. The Morgan fingerprint density at radius 3 is 2.08 bits per heavy atom. The molecular weight excluding hydrogens is 194 g/mol. The van der Waals surface area contributed by atoms with E-state index in [1.165, 1.54) is 7.11 Å². The molecule has 0 rings (SSSR count). The van der Waals surface area contributed by atoms with Gasteiger partial charge in [0, 0.05) is 0 Å². The number of hydrogen-bond donors (Lipinski definition) is 1. The third-order valence-electron chi connectivity index (χ3n) is 1.46. The van der Waals surface area contributed by atoms with E-state index in [0.29, 0.717) is 0 Å². The number of ether oxygens (including phenoxy) is 1. The number of sulfonamides is 1. The monoisotopic (exact) mass is 209 g/mol. The molecule has 0 aliphatic carbocycles. The van der Waals surface area contributed by atoms with Crippen LogP contribution in [0.5, 0.6) is 0 Å². The van der Waals surface area contributed by atoms with Gasteiger partial charge in [-0.2, -0.15) is 0 Å². The van der Waals surface area contributed by atoms with Crippen molar-refractivity contribution in [2.24, 2.45) is 5.92 Å². The fourth-order valence-corrected chi connectivity index (χ4v) is 1.64. The smallest absolute Gasteiger partial charge is 0.324 e. The van der Waals surface area contributed by atoms with E-state index in [-0.39, 0.29) is 5.92 Å². The van der Waals surface area contributed by atoms with Crippen molar-refractivity contribution in [2.75, 3.05) is 13.4 Å². The zero-order valence-corrected chi connectivity index (χ0v) is 9.01. The molecule has 1 N–H and O–H groups in total. The first-order chi connectivity index (χ1) is 5.78. The van der Waals surface area contributed by atoms with Crippen molar-refractivity contribution in [3.8, 4) is 0 Å². The summed E-state index contributed by atoms with van der Waals surface area (Å²) in [6.07, 6.45) is 1.01. The van der Waals surface area contributed by atoms with Crippen LogP contribution in [0.3, 0.4) is 0 Å². The van der Waals surface area contributed by atoms with Crippen molar-refractivity contribution in [3.63, 3.8) is 0 Å². The summed E-state index contributed by atoms with van der Waals surface area (Å²) in [5.74, 6) is -0.706. The van der Waals surface area contributed by atoms with Crippen molar-refractivity contribution in [1.82, 2.24) is 4.72 Å². The van der Waals surface area contributed by atoms with Crippen LogP contribution in [0, 0.1) is 5.92 Å². The number of carbonyl (C=O) groups excluding carboxylic acids is 1. The number of nitrogens with one attached hydrogen (secondary N) is 1. The molecule has 0 aromatic rings. The Kier molecular flexibility index (Phi) is 4.35. The highest BCUT2D eigenvalue weighted by Crippen LogP contribution is 2.04. The topological polar surface area (TPSA) is 72.5 Å². The maximum Gasteiger partial charge on any atom is 0.324 e. The van der Waals surface area contributed by atoms with Gasteiger partial charge in [0.1, 0.15) is 6.04 Å². The molecule has 0 aliphatic rings. The number of methoxy groups -OCH3 is 1. The Morgan fingerprint density at radius 1 is 1.38 bits per heavy atom. The Hall–Kier alpha value is -0.620. The van der Waals surface area contributed by atoms with Crippen LogP contribution in [0.2, 0.25) is 0 Å². The third kappa shape index (κ3) is 4.84. The van der Waals surface area contributed by atoms with E-state index in [1.54, 1.807) is 13.8 Å². The summed E-state index contributed by atoms with van der Waals surface area (Å²) in [5, 5.41) is 0. The lowest BCUT2D eigenvalue weighted by atomic mass is 10.1. The van der Waals surface area contributed by atoms with E-state index >= 15 is 0 Å². The highest BCUT2D eigenvalue weighted by Gasteiger charge is 2.25. The van der Waals surface area contributed by atoms with Crippen LogP contribution >= 0.6 is 0 Å². The van der Waals surface area contributed by atoms with Crippen molar-refractivity contribution < 1.29 is 17.9 Å². The molecule has 0 heterocycles. The lowest BCUT2D eigenvalue weighted by molar-refractivity contribution is -0.143. The van der Waals surface area contributed by atoms with Crippen LogP contribution in [0.1, 0.15) is 13.8 Å². The molecule has 0 saturated carbocycles. The second kappa shape index (κ2) is 4.57. The van der Waals surface area contributed by atoms with Crippen LogP contribution < -0.4 is 4.72 Å². The normalized spacial score (nSPS) is 14.2. The summed E-state index contributed by atoms with van der Waals surface area (Å²) >= 11 is 0. The van der Waals surface area contributed by atoms with Crippen molar-refractivity contribution in [2.45, 2.75) is 19.9 Å². The van der Waals surface area contributed by atoms with E-state index < -0.39 is 22.0 Å². The molecule has 0 aromatic carbocycles. The predicted octanol–water partition coefficient (Wildman–Crippen LogP) is -0.267. The summed E-state index contributed by atoms with van der Waals surface area (Å²) < 4.78 is 28.4. The second-order valence-electron chi connectivity index (χ2n) is 3.13. The number of esters is 1. The largest absolute Gasteiger partial charge is 0.468 e. The van der Waals surface area contributed by atoms with Crippen molar-refractivity contribution in [1.29, 1.82) is 0 Å². The van der Waals surface area contributed by atoms with Gasteiger partial charge in [0.2, 0.25) is 10.0 Å². The molecule has 0 bridgehead atoms. The van der Waals surface area contributed by atoms with Gasteiger partial charge in [-0.3, -0.25) is 4.79 Å². The van der Waals surface area contributed by atoms with Gasteiger partial charge in [-0.1, -0.05) is 13.8 Å². The number of hydrogen-bond acceptors (Lipinski definition) is 4. The standard InChI is InChI=1S/C7H15NO4S/c1-5(2)6(7(9)12-3)8-13(4,10)11/h5-6,8H,1-4H3/t6-/m1/s1. The molecule has 1 atom stereocenters. The number of carbonyl (C=O) groups is 1. The van der Waals surface area contributed by atoms with Crippen LogP contribution in [-0.2, 0) is 19.6 Å². The summed E-state index contributed by atoms with van der Waals surface area (Å²) in [6.45, 7) is 3.47. The lowest BCUT2D eigenvalue weighted by Crippen LogP contribution is -2.44. The minimum absolute atomic E-state index is 0.137. The maximum absolute atomic E-state index is 11.1. The maximum atomic E-state index is 11.1. The third-order valence-corrected chi connectivity index (χ3v) is 2.14. The zero-order valence-electron chi connectivity index (χ0n) is 8.20.